The minimum absolute atomic E-state index is 0.0204. The monoisotopic (exact) mass is 425 g/mol. The highest BCUT2D eigenvalue weighted by molar-refractivity contribution is 8.04. The molecule has 1 fully saturated rings. The Balaban J connectivity index is 1.69. The average molecular weight is 426 g/mol. The van der Waals surface area contributed by atoms with Gasteiger partial charge in [0.2, 0.25) is 5.91 Å². The lowest BCUT2D eigenvalue weighted by Gasteiger charge is -2.16. The van der Waals surface area contributed by atoms with Crippen LogP contribution in [0.5, 0.6) is 0 Å². The smallest absolute Gasteiger partial charge is 0.333 e. The summed E-state index contributed by atoms with van der Waals surface area (Å²) in [4.78, 5) is 48.5. The fourth-order valence-corrected chi connectivity index (χ4v) is 3.49. The Kier molecular flexibility index (Phi) is 8.53. The van der Waals surface area contributed by atoms with Crippen molar-refractivity contribution in [2.75, 3.05) is 26.0 Å². The van der Waals surface area contributed by atoms with E-state index in [0.29, 0.717) is 28.6 Å². The van der Waals surface area contributed by atoms with Crippen LogP contribution < -0.4 is 0 Å². The molecule has 0 aliphatic carbocycles. The molecule has 0 aromatic heterocycles. The van der Waals surface area contributed by atoms with Gasteiger partial charge in [0.05, 0.1) is 37.0 Å². The Labute approximate surface area is 172 Å². The predicted molar refractivity (Wildman–Crippen MR) is 105 cm³/mol. The normalized spacial score (nSPS) is 15.0. The zero-order valence-corrected chi connectivity index (χ0v) is 16.9. The SMILES string of the molecule is COC(=O)/C=C1/SCC(=O)N1CCCOC(=O)CCC(=O)c1ccc(Cl)cc1. The second-order valence-electron chi connectivity index (χ2n) is 5.84. The standard InChI is InChI=1S/C19H20ClNO6S/c1-26-19(25)11-17-21(16(23)12-28-17)9-2-10-27-18(24)8-7-15(22)13-3-5-14(20)6-4-13/h3-6,11H,2,7-10,12H2,1H3/b17-11+. The third-order valence-corrected chi connectivity index (χ3v) is 5.14. The van der Waals surface area contributed by atoms with Crippen molar-refractivity contribution in [3.8, 4) is 0 Å². The van der Waals surface area contributed by atoms with Crippen LogP contribution in [0, 0.1) is 0 Å². The molecule has 9 heteroatoms. The topological polar surface area (TPSA) is 90.0 Å². The van der Waals surface area contributed by atoms with Gasteiger partial charge in [-0.2, -0.15) is 0 Å². The molecular formula is C19H20ClNO6S. The maximum absolute atomic E-state index is 12.0. The van der Waals surface area contributed by atoms with E-state index >= 15 is 0 Å². The van der Waals surface area contributed by atoms with E-state index in [4.69, 9.17) is 16.3 Å². The van der Waals surface area contributed by atoms with Gasteiger partial charge in [0.1, 0.15) is 0 Å². The second kappa shape index (κ2) is 10.9. The number of hydrogen-bond acceptors (Lipinski definition) is 7. The van der Waals surface area contributed by atoms with Crippen LogP contribution in [-0.4, -0.2) is 54.5 Å². The van der Waals surface area contributed by atoms with Gasteiger partial charge in [-0.25, -0.2) is 4.79 Å². The molecule has 150 valence electrons. The first kappa shape index (κ1) is 22.0. The predicted octanol–water partition coefficient (Wildman–Crippen LogP) is 2.83. The highest BCUT2D eigenvalue weighted by Gasteiger charge is 2.27. The molecule has 0 atom stereocenters. The van der Waals surface area contributed by atoms with Crippen LogP contribution in [0.25, 0.3) is 0 Å². The van der Waals surface area contributed by atoms with Gasteiger partial charge in [0.15, 0.2) is 5.78 Å². The lowest BCUT2D eigenvalue weighted by molar-refractivity contribution is -0.143. The third kappa shape index (κ3) is 6.69. The number of hydrogen-bond donors (Lipinski definition) is 0. The molecule has 7 nitrogen and oxygen atoms in total. The molecule has 0 bridgehead atoms. The Morgan fingerprint density at radius 2 is 1.93 bits per heavy atom. The molecule has 2 rings (SSSR count). The molecule has 1 aromatic rings. The van der Waals surface area contributed by atoms with Crippen LogP contribution in [-0.2, 0) is 23.9 Å². The fraction of sp³-hybridized carbons (Fsp3) is 0.368. The van der Waals surface area contributed by atoms with E-state index in [-0.39, 0.29) is 36.9 Å². The summed E-state index contributed by atoms with van der Waals surface area (Å²) in [5.74, 6) is -1.02. The number of methoxy groups -OCH3 is 1. The fourth-order valence-electron chi connectivity index (χ4n) is 2.41. The van der Waals surface area contributed by atoms with Gasteiger partial charge in [-0.1, -0.05) is 23.4 Å². The molecule has 0 N–H and O–H groups in total. The summed E-state index contributed by atoms with van der Waals surface area (Å²) in [6.07, 6.45) is 1.72. The van der Waals surface area contributed by atoms with Crippen molar-refractivity contribution < 1.29 is 28.7 Å². The van der Waals surface area contributed by atoms with Crippen LogP contribution in [0.3, 0.4) is 0 Å². The molecule has 28 heavy (non-hydrogen) atoms. The van der Waals surface area contributed by atoms with Gasteiger partial charge in [0.25, 0.3) is 0 Å². The first-order valence-electron chi connectivity index (χ1n) is 8.58. The van der Waals surface area contributed by atoms with Crippen molar-refractivity contribution in [3.63, 3.8) is 0 Å². The zero-order chi connectivity index (χ0) is 20.5. The van der Waals surface area contributed by atoms with Crippen molar-refractivity contribution in [2.45, 2.75) is 19.3 Å². The largest absolute Gasteiger partial charge is 0.466 e. The maximum Gasteiger partial charge on any atom is 0.333 e. The number of rotatable bonds is 9. The minimum atomic E-state index is -0.529. The van der Waals surface area contributed by atoms with Crippen molar-refractivity contribution >= 4 is 47.0 Å². The Morgan fingerprint density at radius 3 is 2.61 bits per heavy atom. The molecule has 1 aliphatic rings. The molecule has 1 heterocycles. The number of benzene rings is 1. The Hall–Kier alpha value is -2.32. The minimum Gasteiger partial charge on any atom is -0.466 e. The highest BCUT2D eigenvalue weighted by Crippen LogP contribution is 2.28. The number of esters is 2. The number of ether oxygens (including phenoxy) is 2. The number of amides is 1. The second-order valence-corrected chi connectivity index (χ2v) is 7.28. The number of thioether (sulfide) groups is 1. The average Bonchev–Trinajstić information content (AvgIpc) is 3.03. The molecular weight excluding hydrogens is 406 g/mol. The van der Waals surface area contributed by atoms with E-state index in [2.05, 4.69) is 4.74 Å². The van der Waals surface area contributed by atoms with E-state index in [9.17, 15) is 19.2 Å². The number of carbonyl (C=O) groups excluding carboxylic acids is 4. The van der Waals surface area contributed by atoms with E-state index in [1.807, 2.05) is 0 Å². The lowest BCUT2D eigenvalue weighted by Crippen LogP contribution is -2.27. The number of nitrogens with zero attached hydrogens (tertiary/aromatic N) is 1. The Bertz CT molecular complexity index is 777. The van der Waals surface area contributed by atoms with E-state index in [1.54, 1.807) is 24.3 Å². The van der Waals surface area contributed by atoms with Gasteiger partial charge in [-0.15, -0.1) is 0 Å². The summed E-state index contributed by atoms with van der Waals surface area (Å²) in [6, 6.07) is 6.46. The summed E-state index contributed by atoms with van der Waals surface area (Å²) in [6.45, 7) is 0.444. The summed E-state index contributed by atoms with van der Waals surface area (Å²) in [5.41, 5.74) is 0.493. The third-order valence-electron chi connectivity index (χ3n) is 3.86. The molecule has 1 amide bonds. The summed E-state index contributed by atoms with van der Waals surface area (Å²) in [5, 5.41) is 1.06. The van der Waals surface area contributed by atoms with Gasteiger partial charge >= 0.3 is 11.9 Å². The van der Waals surface area contributed by atoms with Crippen molar-refractivity contribution in [1.82, 2.24) is 4.90 Å². The Morgan fingerprint density at radius 1 is 1.21 bits per heavy atom. The lowest BCUT2D eigenvalue weighted by atomic mass is 10.1. The van der Waals surface area contributed by atoms with Crippen molar-refractivity contribution in [1.29, 1.82) is 0 Å². The van der Waals surface area contributed by atoms with Crippen molar-refractivity contribution in [2.24, 2.45) is 0 Å². The summed E-state index contributed by atoms with van der Waals surface area (Å²) in [7, 11) is 1.27. The van der Waals surface area contributed by atoms with E-state index in [1.165, 1.54) is 29.8 Å². The van der Waals surface area contributed by atoms with Crippen LogP contribution in [0.2, 0.25) is 5.02 Å². The molecule has 1 saturated heterocycles. The number of ketones is 1. The summed E-state index contributed by atoms with van der Waals surface area (Å²) < 4.78 is 9.68. The first-order valence-corrected chi connectivity index (χ1v) is 9.94. The molecule has 0 unspecified atom stereocenters. The molecule has 0 saturated carbocycles. The van der Waals surface area contributed by atoms with Gasteiger partial charge in [0, 0.05) is 23.6 Å². The quantitative estimate of drug-likeness (QED) is 0.260. The van der Waals surface area contributed by atoms with E-state index in [0.717, 1.165) is 0 Å². The van der Waals surface area contributed by atoms with Crippen LogP contribution in [0.15, 0.2) is 35.4 Å². The zero-order valence-electron chi connectivity index (χ0n) is 15.3. The van der Waals surface area contributed by atoms with E-state index < -0.39 is 11.9 Å². The highest BCUT2D eigenvalue weighted by atomic mass is 35.5. The molecule has 0 radical (unpaired) electrons. The number of Topliss-reactive ketones (excluding diaryl/α,β-unsaturated/α-hetero) is 1. The van der Waals surface area contributed by atoms with Gasteiger partial charge in [-0.05, 0) is 30.7 Å². The summed E-state index contributed by atoms with van der Waals surface area (Å²) >= 11 is 7.03. The van der Waals surface area contributed by atoms with Crippen LogP contribution in [0.4, 0.5) is 0 Å². The molecule has 1 aliphatic heterocycles. The molecule has 0 spiro atoms. The van der Waals surface area contributed by atoms with Gasteiger partial charge in [-0.3, -0.25) is 14.4 Å². The number of halogens is 1. The van der Waals surface area contributed by atoms with Crippen LogP contribution in [0.1, 0.15) is 29.6 Å². The maximum atomic E-state index is 12.0. The van der Waals surface area contributed by atoms with Crippen molar-refractivity contribution in [3.05, 3.63) is 46.0 Å². The van der Waals surface area contributed by atoms with Gasteiger partial charge < -0.3 is 14.4 Å². The van der Waals surface area contributed by atoms with Crippen LogP contribution >= 0.6 is 23.4 Å². The number of carbonyl (C=O) groups is 4. The molecule has 1 aromatic carbocycles. The first-order chi connectivity index (χ1) is 13.4.